The summed E-state index contributed by atoms with van der Waals surface area (Å²) in [7, 11) is 3.84. The average molecular weight is 1340 g/mol. The third-order valence-electron chi connectivity index (χ3n) is 17.6. The molecular formula is C65H108N8O17S2. The fraction of sp³-hybridized carbons (Fsp3) is 0.754. The van der Waals surface area contributed by atoms with Crippen LogP contribution in [-0.2, 0) is 83.3 Å². The van der Waals surface area contributed by atoms with Crippen molar-refractivity contribution in [1.29, 1.82) is 0 Å². The monoisotopic (exact) mass is 1340 g/mol. The Hall–Kier alpha value is -5.42. The number of hydrogen-bond donors (Lipinski definition) is 4. The number of nitrogens with zero attached hydrogens (tertiary/aromatic N) is 4. The zero-order chi connectivity index (χ0) is 69.2. The maximum Gasteiger partial charge on any atom is 0.312 e. The predicted molar refractivity (Wildman–Crippen MR) is 349 cm³/mol. The lowest BCUT2D eigenvalue weighted by Crippen LogP contribution is -2.54. The number of carbonyl (C=O) groups excluding carboxylic acids is 10. The van der Waals surface area contributed by atoms with Crippen molar-refractivity contribution >= 4 is 80.6 Å². The minimum Gasteiger partial charge on any atom is -0.379 e. The van der Waals surface area contributed by atoms with Crippen LogP contribution in [0.15, 0.2) is 29.2 Å². The summed E-state index contributed by atoms with van der Waals surface area (Å²) in [6.45, 7) is 18.8. The molecule has 25 nitrogen and oxygen atoms in total. The highest BCUT2D eigenvalue weighted by Crippen LogP contribution is 2.32. The number of primary amides is 1. The Kier molecular flexibility index (Phi) is 35.2. The van der Waals surface area contributed by atoms with Crippen LogP contribution in [0, 0.1) is 41.4 Å². The maximum absolute atomic E-state index is 14.5. The van der Waals surface area contributed by atoms with E-state index in [0.29, 0.717) is 31.4 Å². The first-order valence-electron chi connectivity index (χ1n) is 32.3. The van der Waals surface area contributed by atoms with Gasteiger partial charge in [0.25, 0.3) is 10.0 Å². The van der Waals surface area contributed by atoms with E-state index in [2.05, 4.69) is 15.4 Å². The Morgan fingerprint density at radius 1 is 0.772 bits per heavy atom. The number of imide groups is 1. The van der Waals surface area contributed by atoms with Crippen LogP contribution in [0.4, 0.5) is 4.79 Å². The van der Waals surface area contributed by atoms with E-state index in [9.17, 15) is 56.4 Å². The van der Waals surface area contributed by atoms with Crippen LogP contribution < -0.4 is 21.1 Å². The molecule has 5 N–H and O–H groups in total. The largest absolute Gasteiger partial charge is 0.379 e. The van der Waals surface area contributed by atoms with Crippen LogP contribution in [0.1, 0.15) is 132 Å². The number of methoxy groups -OCH3 is 2. The van der Waals surface area contributed by atoms with Gasteiger partial charge in [0.15, 0.2) is 11.6 Å². The molecule has 11 atom stereocenters. The number of nitrogens with two attached hydrogens (primary N) is 1. The van der Waals surface area contributed by atoms with Crippen molar-refractivity contribution in [1.82, 2.24) is 35.0 Å². The average Bonchev–Trinajstić information content (AvgIpc) is 1.30. The lowest BCUT2D eigenvalue weighted by atomic mass is 9.83. The second kappa shape index (κ2) is 40.1. The van der Waals surface area contributed by atoms with Gasteiger partial charge in [0.2, 0.25) is 35.4 Å². The molecule has 0 aliphatic carbocycles. The van der Waals surface area contributed by atoms with Gasteiger partial charge in [-0.05, 0) is 87.4 Å². The van der Waals surface area contributed by atoms with Gasteiger partial charge in [0, 0.05) is 78.3 Å². The van der Waals surface area contributed by atoms with Crippen molar-refractivity contribution < 1.29 is 80.0 Å². The lowest BCUT2D eigenvalue weighted by molar-refractivity contribution is -0.149. The SMILES string of the molecule is CC[C@H](C)[C@@H]([C@@H](CC(=O)N1CCC[C@H]1[C@H](OC)[C@@H](C)C(=O)NS(=O)(=O)c1ccc(CC(=O)[C@H](CCCNC(N)=O)NC(=O)[C@@H](CC(=O)CCOCCOCCOCCN2C(=O)CC(SC)C2=O)C(C)C)cc1)OC)N(C)C(=O)[C@@H](CC(=O)[C@H](C(C)C)N(C)C)C(C)C. The van der Waals surface area contributed by atoms with Crippen LogP contribution in [0.3, 0.4) is 0 Å². The number of Topliss-reactive ketones (excluding diaryl/α,β-unsaturated/α-hetero) is 3. The van der Waals surface area contributed by atoms with E-state index in [1.54, 1.807) is 37.0 Å². The number of likely N-dealkylation sites (tertiary alicyclic amines) is 2. The van der Waals surface area contributed by atoms with Gasteiger partial charge in [-0.15, -0.1) is 0 Å². The molecule has 0 bridgehead atoms. The number of nitrogens with one attached hydrogen (secondary N) is 3. The summed E-state index contributed by atoms with van der Waals surface area (Å²) in [5.41, 5.74) is 5.65. The molecule has 8 amide bonds. The molecule has 2 heterocycles. The van der Waals surface area contributed by atoms with Crippen LogP contribution in [-0.4, -0.2) is 229 Å². The topological polar surface area (TPSA) is 326 Å². The number of benzene rings is 1. The number of carbonyl (C=O) groups is 10. The first-order chi connectivity index (χ1) is 43.4. The quantitative estimate of drug-likeness (QED) is 0.0518. The Balaban J connectivity index is 1.62. The molecule has 522 valence electrons. The van der Waals surface area contributed by atoms with Gasteiger partial charge in [-0.1, -0.05) is 80.9 Å². The third kappa shape index (κ3) is 24.7. The van der Waals surface area contributed by atoms with Crippen molar-refractivity contribution in [2.45, 2.75) is 179 Å². The number of thioether (sulfide) groups is 1. The summed E-state index contributed by atoms with van der Waals surface area (Å²) >= 11 is 1.35. The summed E-state index contributed by atoms with van der Waals surface area (Å²) in [4.78, 5) is 139. The maximum atomic E-state index is 14.5. The van der Waals surface area contributed by atoms with E-state index >= 15 is 0 Å². The zero-order valence-electron chi connectivity index (χ0n) is 57.2. The Labute approximate surface area is 550 Å². The molecule has 0 radical (unpaired) electrons. The number of hydrogen-bond acceptors (Lipinski definition) is 19. The van der Waals surface area contributed by atoms with Gasteiger partial charge in [-0.3, -0.25) is 53.0 Å². The highest BCUT2D eigenvalue weighted by Gasteiger charge is 2.44. The third-order valence-corrected chi connectivity index (χ3v) is 19.9. The molecule has 27 heteroatoms. The van der Waals surface area contributed by atoms with Crippen molar-refractivity contribution in [3.63, 3.8) is 0 Å². The first-order valence-corrected chi connectivity index (χ1v) is 35.1. The number of amides is 8. The molecular weight excluding hydrogens is 1230 g/mol. The summed E-state index contributed by atoms with van der Waals surface area (Å²) in [5, 5.41) is 4.95. The van der Waals surface area contributed by atoms with E-state index < -0.39 is 81.7 Å². The number of likely N-dealkylation sites (N-methyl/N-ethyl adjacent to an activating group) is 2. The van der Waals surface area contributed by atoms with Crippen LogP contribution in [0.2, 0.25) is 0 Å². The smallest absolute Gasteiger partial charge is 0.312 e. The second-order valence-corrected chi connectivity index (χ2v) is 28.2. The second-order valence-electron chi connectivity index (χ2n) is 25.5. The summed E-state index contributed by atoms with van der Waals surface area (Å²) in [6, 6.07) is 2.02. The first kappa shape index (κ1) is 80.8. The van der Waals surface area contributed by atoms with E-state index in [0.717, 1.165) is 0 Å². The van der Waals surface area contributed by atoms with Gasteiger partial charge in [-0.25, -0.2) is 17.9 Å². The van der Waals surface area contributed by atoms with Crippen molar-refractivity contribution in [3.8, 4) is 0 Å². The minimum absolute atomic E-state index is 0.0130. The Morgan fingerprint density at radius 3 is 1.91 bits per heavy atom. The molecule has 3 rings (SSSR count). The number of urea groups is 1. The zero-order valence-corrected chi connectivity index (χ0v) is 58.8. The van der Waals surface area contributed by atoms with E-state index in [1.807, 2.05) is 60.5 Å². The standard InChI is InChI=1S/C65H108N8O17S2/c1-16-43(8)59(71(12)63(81)49(41(4)5)37-53(76)58(42(6)7)70(10)11)54(86-13)38-56(77)72-27-18-20-51(72)60(87-14)44(9)61(79)69-92(84,85)47-23-21-45(22-24-47)35-52(75)50(19-17-26-67-65(66)83)68-62(80)48(40(2)3)36-46(74)25-29-88-31-33-90-34-32-89-30-28-73-57(78)39-55(91-15)64(73)82/h21-24,40-44,48-51,54-55,58-60H,16-20,25-39H2,1-15H3,(H,68,80)(H,69,79)(H3,66,67,83)/t43-,44+,48-,49-,50-,51-,54+,55?,58-,59-,60+/m0/s1. The molecule has 1 aromatic carbocycles. The van der Waals surface area contributed by atoms with E-state index in [-0.39, 0.29) is 179 Å². The summed E-state index contributed by atoms with van der Waals surface area (Å²) in [6.07, 6.45) is 2.04. The fourth-order valence-electron chi connectivity index (χ4n) is 12.2. The van der Waals surface area contributed by atoms with Crippen molar-refractivity contribution in [3.05, 3.63) is 29.8 Å². The fourth-order valence-corrected chi connectivity index (χ4v) is 13.9. The van der Waals surface area contributed by atoms with Crippen LogP contribution in [0.5, 0.6) is 0 Å². The van der Waals surface area contributed by atoms with Gasteiger partial charge < -0.3 is 49.9 Å². The van der Waals surface area contributed by atoms with E-state index in [4.69, 9.17) is 29.4 Å². The summed E-state index contributed by atoms with van der Waals surface area (Å²) in [5.74, 6) is -5.94. The molecule has 2 aliphatic rings. The van der Waals surface area contributed by atoms with Crippen molar-refractivity contribution in [2.75, 3.05) is 101 Å². The van der Waals surface area contributed by atoms with Crippen LogP contribution in [0.25, 0.3) is 0 Å². The van der Waals surface area contributed by atoms with E-state index in [1.165, 1.54) is 62.1 Å². The van der Waals surface area contributed by atoms with Gasteiger partial charge in [0.1, 0.15) is 5.78 Å². The molecule has 92 heavy (non-hydrogen) atoms. The van der Waals surface area contributed by atoms with Crippen molar-refractivity contribution in [2.24, 2.45) is 47.2 Å². The molecule has 0 saturated carbocycles. The number of rotatable bonds is 45. The van der Waals surface area contributed by atoms with Gasteiger partial charge in [0.05, 0.1) is 105 Å². The molecule has 1 unspecified atom stereocenters. The van der Waals surface area contributed by atoms with Crippen LogP contribution >= 0.6 is 11.8 Å². The molecule has 2 fully saturated rings. The molecule has 2 aliphatic heterocycles. The normalized spacial score (nSPS) is 18.3. The Morgan fingerprint density at radius 2 is 1.38 bits per heavy atom. The predicted octanol–water partition coefficient (Wildman–Crippen LogP) is 4.44. The summed E-state index contributed by atoms with van der Waals surface area (Å²) < 4.78 is 58.4. The van der Waals surface area contributed by atoms with Gasteiger partial charge in [-0.2, -0.15) is 11.8 Å². The number of ether oxygens (including phenoxy) is 5. The molecule has 1 aromatic rings. The molecule has 0 spiro atoms. The Bertz CT molecular complexity index is 2690. The number of sulfonamides is 1. The molecule has 2 saturated heterocycles. The van der Waals surface area contributed by atoms with Gasteiger partial charge >= 0.3 is 6.03 Å². The minimum atomic E-state index is -4.49. The lowest BCUT2D eigenvalue weighted by Gasteiger charge is -2.41. The highest BCUT2D eigenvalue weighted by atomic mass is 32.2. The highest BCUT2D eigenvalue weighted by molar-refractivity contribution is 8.00. The molecule has 0 aromatic heterocycles. The number of ketones is 3.